The van der Waals surface area contributed by atoms with Crippen LogP contribution in [0.15, 0.2) is 29.2 Å². The molecule has 12 fully saturated rings. The summed E-state index contributed by atoms with van der Waals surface area (Å²) in [6, 6.07) is 6.76. The Bertz CT molecular complexity index is 2860. The Labute approximate surface area is 678 Å². The zero-order valence-electron chi connectivity index (χ0n) is 72.5. The van der Waals surface area contributed by atoms with Gasteiger partial charge in [0.1, 0.15) is 12.1 Å². The first-order valence-electron chi connectivity index (χ1n) is 43.7. The number of carbonyl (C=O) groups is 2. The van der Waals surface area contributed by atoms with Crippen molar-refractivity contribution in [3.8, 4) is 0 Å². The number of aliphatic hydroxyl groups excluding tert-OH is 7. The molecule has 12 saturated carbocycles. The first-order chi connectivity index (χ1) is 49.6. The van der Waals surface area contributed by atoms with Crippen LogP contribution >= 0.6 is 9.18 Å². The van der Waals surface area contributed by atoms with E-state index in [1.54, 1.807) is 24.3 Å². The Morgan fingerprint density at radius 2 is 0.811 bits per heavy atom. The maximum Gasteiger partial charge on any atom is 1.00 e. The van der Waals surface area contributed by atoms with Gasteiger partial charge in [-0.2, -0.15) is 8.42 Å². The Kier molecular flexibility index (Phi) is 37.9. The summed E-state index contributed by atoms with van der Waals surface area (Å²) >= 11 is 0. The van der Waals surface area contributed by atoms with Crippen molar-refractivity contribution in [2.75, 3.05) is 26.5 Å². The summed E-state index contributed by atoms with van der Waals surface area (Å²) in [6.45, 7) is 36.8. The number of rotatable bonds is 17. The largest absolute Gasteiger partial charge is 1.00 e. The SMILES string of the molecule is CC[C@@H](C)[C@H]1CCC2C(=O)CCC[C@@]21C.CC[C@@H](C)[C@H]1CCC2[C@@H](O)CCC[C@@]21C.C[C@H](CC=O)[C@H]1CCC2[C@@H](O)CCC[C@@]21C.C[C@H](CCO)[C@H]1CCC2[C@@H](O)CCC[C@@]21C.C[C@H](CO)[C@H]1CCC2[C@@H](O)CCC[C@@]21C.Cc1ccc(S(=O)(=O)OC[C@@H](C)[C@H]2CCC3[C@@H](O)CCC[C@@]32C)cc1.[2H]PC.[B].[H-].[Na+]. The summed E-state index contributed by atoms with van der Waals surface area (Å²) in [4.78, 5) is 22.8. The number of Topliss-reactive ketones (excluding diaryl/α,β-unsaturated/α-hetero) is 1. The molecule has 1 aromatic carbocycles. The molecular formula is C90H160BNaO12PS. The standard InChI is InChI=1S/C20H30O4S.C14H26O2.C14H24O2.C14H26O.C14H24O.C13H24O2.CH5P.B.Na.H/c1-14-6-8-16(9-7-14)25(22,23)24-13-15(2)17-10-11-18-19(21)5-4-12-20(17,18)3;2*1-10(7-9-15)11-5-6-12-13(16)4-3-8-14(11,12)2;2*1-4-10(2)11-7-8-12-13(15)6-5-9-14(11,12)3;1-9(8-14)10-5-6-11-12(15)4-3-7-13(10,11)2;1-2;;;/h6-9,15,17-19,21H,4-5,10-13H2,1-3H3;10-13,15-16H,3-9H2,1-2H3;9-13,16H,3-8H2,1-2H3;10-13,15H,4-9H2,1-3H3;10-12H,4-9H2,1-3H3;9-12,14-15H,3-8H2,1-2H3;2H2,1H3;;;/q;;;;;;;;+1;-1/t15-,17-,18?,19+,20-;3*10-,11-,12?,13+,14-;10-,11-,12?,14-;9-,10-,11?,12+,13-;;;;/m111111..../s1/i;;;;;;2D;;;. The summed E-state index contributed by atoms with van der Waals surface area (Å²) < 4.78 is 36.5. The molecule has 16 heteroatoms. The van der Waals surface area contributed by atoms with Crippen molar-refractivity contribution in [3.63, 3.8) is 0 Å². The van der Waals surface area contributed by atoms with E-state index in [1.807, 2.05) is 13.6 Å². The maximum absolute atomic E-state index is 12.4. The van der Waals surface area contributed by atoms with Crippen LogP contribution < -0.4 is 29.6 Å². The van der Waals surface area contributed by atoms with Crippen molar-refractivity contribution < 1.29 is 88.9 Å². The van der Waals surface area contributed by atoms with E-state index in [4.69, 9.17) is 10.6 Å². The summed E-state index contributed by atoms with van der Waals surface area (Å²) in [6.07, 6.45) is 39.3. The number of fused-ring (bicyclic) bond motifs is 6. The van der Waals surface area contributed by atoms with Gasteiger partial charge in [0.2, 0.25) is 0 Å². The number of aryl methyl sites for hydroxylation is 1. The average Bonchev–Trinajstić information content (AvgIpc) is 1.64. The number of hydrogen-bond acceptors (Lipinski definition) is 12. The van der Waals surface area contributed by atoms with Gasteiger partial charge in [0, 0.05) is 40.4 Å². The Balaban J connectivity index is 0.000000273. The van der Waals surface area contributed by atoms with Crippen LogP contribution in [0.1, 0.15) is 322 Å². The molecule has 0 heterocycles. The van der Waals surface area contributed by atoms with Crippen LogP contribution in [-0.4, -0.2) is 123 Å². The van der Waals surface area contributed by atoms with Gasteiger partial charge in [-0.3, -0.25) is 8.98 Å². The number of ketones is 1. The molecule has 13 rings (SSSR count). The van der Waals surface area contributed by atoms with Crippen LogP contribution in [-0.2, 0) is 23.9 Å². The second-order valence-corrected chi connectivity index (χ2v) is 40.3. The van der Waals surface area contributed by atoms with Crippen molar-refractivity contribution in [2.24, 2.45) is 139 Å². The van der Waals surface area contributed by atoms with Crippen LogP contribution in [0.5, 0.6) is 0 Å². The van der Waals surface area contributed by atoms with E-state index in [-0.39, 0.29) is 92.8 Å². The molecule has 0 saturated heterocycles. The van der Waals surface area contributed by atoms with E-state index in [9.17, 15) is 48.6 Å². The minimum absolute atomic E-state index is 0. The molecule has 12 aliphatic carbocycles. The smallest absolute Gasteiger partial charge is 1.00 e. The van der Waals surface area contributed by atoms with Crippen LogP contribution in [0.3, 0.4) is 0 Å². The summed E-state index contributed by atoms with van der Waals surface area (Å²) in [5, 5.41) is 69.1. The van der Waals surface area contributed by atoms with E-state index in [0.29, 0.717) is 139 Å². The second kappa shape index (κ2) is 42.5. The minimum Gasteiger partial charge on any atom is -1.00 e. The fourth-order valence-corrected chi connectivity index (χ4v) is 28.0. The zero-order valence-corrected chi connectivity index (χ0v) is 74.3. The van der Waals surface area contributed by atoms with Crippen molar-refractivity contribution in [1.29, 1.82) is 1.28 Å². The third kappa shape index (κ3) is 21.5. The third-order valence-corrected chi connectivity index (χ3v) is 34.6. The molecule has 0 spiro atoms. The predicted octanol–water partition coefficient (Wildman–Crippen LogP) is 16.1. The Morgan fingerprint density at radius 3 is 1.15 bits per heavy atom. The third-order valence-electron chi connectivity index (χ3n) is 33.3. The van der Waals surface area contributed by atoms with Crippen LogP contribution in [0.2, 0.25) is 0 Å². The number of hydrogen-bond donors (Lipinski definition) is 7. The molecule has 3 radical (unpaired) electrons. The number of aldehydes is 1. The number of carbonyl (C=O) groups excluding carboxylic acids is 2. The number of aliphatic hydroxyl groups is 7. The Morgan fingerprint density at radius 1 is 0.500 bits per heavy atom. The summed E-state index contributed by atoms with van der Waals surface area (Å²) in [5.74, 6) is 10.7. The van der Waals surface area contributed by atoms with Crippen LogP contribution in [0.4, 0.5) is 0 Å². The molecule has 7 unspecified atom stereocenters. The van der Waals surface area contributed by atoms with Gasteiger partial charge < -0.3 is 42.0 Å². The summed E-state index contributed by atoms with van der Waals surface area (Å²) in [7, 11) is -3.38. The number of benzene rings is 1. The van der Waals surface area contributed by atoms with Crippen molar-refractivity contribution in [3.05, 3.63) is 29.8 Å². The molecule has 0 aliphatic heterocycles. The van der Waals surface area contributed by atoms with Gasteiger partial charge in [0.15, 0.2) is 0 Å². The van der Waals surface area contributed by atoms with Gasteiger partial charge >= 0.3 is 29.6 Å². The monoisotopic (exact) mass is 1530 g/mol. The molecule has 1 aromatic rings. The maximum atomic E-state index is 12.4. The predicted molar refractivity (Wildman–Crippen MR) is 436 cm³/mol. The average molecular weight is 1530 g/mol. The second-order valence-electron chi connectivity index (χ2n) is 38.7. The molecule has 0 aromatic heterocycles. The van der Waals surface area contributed by atoms with Crippen LogP contribution in [0.25, 0.3) is 0 Å². The van der Waals surface area contributed by atoms with Gasteiger partial charge in [0.25, 0.3) is 10.1 Å². The van der Waals surface area contributed by atoms with Crippen molar-refractivity contribution >= 4 is 39.8 Å². The van der Waals surface area contributed by atoms with E-state index in [0.717, 1.165) is 138 Å². The van der Waals surface area contributed by atoms with Crippen molar-refractivity contribution in [2.45, 2.75) is 358 Å². The molecule has 7 N–H and O–H groups in total. The molecule has 0 bridgehead atoms. The molecule has 30 atom stereocenters. The van der Waals surface area contributed by atoms with Gasteiger partial charge in [-0.05, 0) is 313 Å². The minimum atomic E-state index is -3.71. The van der Waals surface area contributed by atoms with E-state index in [2.05, 4.69) is 96.9 Å². The zero-order chi connectivity index (χ0) is 77.6. The van der Waals surface area contributed by atoms with Crippen LogP contribution in [0, 0.1) is 146 Å². The molecule has 12 aliphatic rings. The van der Waals surface area contributed by atoms with Crippen molar-refractivity contribution in [1.82, 2.24) is 0 Å². The quantitative estimate of drug-likeness (QED) is 0.0335. The molecule has 607 valence electrons. The topological polar surface area (TPSA) is 219 Å². The van der Waals surface area contributed by atoms with Gasteiger partial charge in [-0.1, -0.05) is 166 Å². The summed E-state index contributed by atoms with van der Waals surface area (Å²) in [5.41, 5.74) is 2.85. The van der Waals surface area contributed by atoms with Gasteiger partial charge in [-0.15, -0.1) is 9.18 Å². The van der Waals surface area contributed by atoms with Gasteiger partial charge in [-0.25, -0.2) is 0 Å². The molecule has 0 amide bonds. The molecular weight excluding hydrogens is 1370 g/mol. The first kappa shape index (κ1) is 94.5. The fraction of sp³-hybridized carbons (Fsp3) is 0.911. The molecule has 12 nitrogen and oxygen atoms in total. The normalized spacial score (nSPS) is 41.4. The van der Waals surface area contributed by atoms with Gasteiger partial charge in [0.05, 0.1) is 43.3 Å². The first-order valence-corrected chi connectivity index (χ1v) is 45.7. The fourth-order valence-electron chi connectivity index (χ4n) is 27.0. The van der Waals surface area contributed by atoms with E-state index < -0.39 is 10.1 Å². The Hall–Kier alpha value is -0.315. The van der Waals surface area contributed by atoms with E-state index in [1.165, 1.54) is 109 Å². The van der Waals surface area contributed by atoms with E-state index >= 15 is 0 Å². The molecule has 106 heavy (non-hydrogen) atoms.